The normalized spacial score (nSPS) is 12.5. The van der Waals surface area contributed by atoms with E-state index in [1.54, 1.807) is 0 Å². The zero-order valence-corrected chi connectivity index (χ0v) is 22.8. The molecule has 0 saturated carbocycles. The third kappa shape index (κ3) is 28.0. The van der Waals surface area contributed by atoms with E-state index in [0.717, 1.165) is 12.8 Å². The third-order valence-electron chi connectivity index (χ3n) is 7.28. The molecule has 1 N–H and O–H groups in total. The molecule has 0 aliphatic rings. The Morgan fingerprint density at radius 1 is 0.312 bits per heavy atom. The molecule has 0 amide bonds. The summed E-state index contributed by atoms with van der Waals surface area (Å²) >= 11 is 0. The summed E-state index contributed by atoms with van der Waals surface area (Å²) in [6, 6.07) is 0. The van der Waals surface area contributed by atoms with Gasteiger partial charge in [-0.15, -0.1) is 0 Å². The highest BCUT2D eigenvalue weighted by atomic mass is 16.3. The Morgan fingerprint density at radius 2 is 0.500 bits per heavy atom. The lowest BCUT2D eigenvalue weighted by Gasteiger charge is -2.10. The Hall–Kier alpha value is -0.0400. The SMILES string of the molecule is CCCCCCCCCCCCCCCCCCCCCCCCC(O)CCCCCC. The van der Waals surface area contributed by atoms with Crippen molar-refractivity contribution >= 4 is 0 Å². The van der Waals surface area contributed by atoms with Crippen LogP contribution in [-0.4, -0.2) is 11.2 Å². The van der Waals surface area contributed by atoms with Crippen LogP contribution in [0.15, 0.2) is 0 Å². The molecule has 1 heteroatoms. The quantitative estimate of drug-likeness (QED) is 0.117. The zero-order valence-electron chi connectivity index (χ0n) is 22.8. The van der Waals surface area contributed by atoms with E-state index >= 15 is 0 Å². The monoisotopic (exact) mass is 452 g/mol. The van der Waals surface area contributed by atoms with Gasteiger partial charge in [0, 0.05) is 0 Å². The molecular weight excluding hydrogens is 388 g/mol. The molecule has 32 heavy (non-hydrogen) atoms. The van der Waals surface area contributed by atoms with Gasteiger partial charge in [-0.05, 0) is 12.8 Å². The minimum Gasteiger partial charge on any atom is -0.393 e. The molecule has 1 unspecified atom stereocenters. The lowest BCUT2D eigenvalue weighted by Crippen LogP contribution is -2.05. The fourth-order valence-electron chi connectivity index (χ4n) is 4.94. The van der Waals surface area contributed by atoms with E-state index in [1.165, 1.54) is 167 Å². The molecule has 1 atom stereocenters. The van der Waals surface area contributed by atoms with Crippen molar-refractivity contribution in [3.8, 4) is 0 Å². The highest BCUT2D eigenvalue weighted by Crippen LogP contribution is 2.16. The van der Waals surface area contributed by atoms with Crippen LogP contribution in [0.3, 0.4) is 0 Å². The van der Waals surface area contributed by atoms with Crippen molar-refractivity contribution in [3.63, 3.8) is 0 Å². The lowest BCUT2D eigenvalue weighted by atomic mass is 10.0. The smallest absolute Gasteiger partial charge is 0.0540 e. The molecule has 0 radical (unpaired) electrons. The summed E-state index contributed by atoms with van der Waals surface area (Å²) in [7, 11) is 0. The Morgan fingerprint density at radius 3 is 0.750 bits per heavy atom. The van der Waals surface area contributed by atoms with Crippen LogP contribution in [-0.2, 0) is 0 Å². The maximum Gasteiger partial charge on any atom is 0.0540 e. The van der Waals surface area contributed by atoms with Gasteiger partial charge in [-0.3, -0.25) is 0 Å². The molecule has 0 aromatic heterocycles. The molecule has 0 saturated heterocycles. The van der Waals surface area contributed by atoms with Crippen molar-refractivity contribution in [2.24, 2.45) is 0 Å². The van der Waals surface area contributed by atoms with E-state index in [1.807, 2.05) is 0 Å². The van der Waals surface area contributed by atoms with Crippen molar-refractivity contribution < 1.29 is 5.11 Å². The first-order valence-corrected chi connectivity index (χ1v) is 15.5. The molecule has 0 spiro atoms. The van der Waals surface area contributed by atoms with E-state index < -0.39 is 0 Å². The Bertz CT molecular complexity index is 314. The maximum absolute atomic E-state index is 10.0. The molecule has 0 aliphatic carbocycles. The minimum absolute atomic E-state index is 0.0306. The first-order chi connectivity index (χ1) is 15.8. The number of hydrogen-bond donors (Lipinski definition) is 1. The highest BCUT2D eigenvalue weighted by molar-refractivity contribution is 4.57. The number of aliphatic hydroxyl groups excluding tert-OH is 1. The second kappa shape index (κ2) is 29.0. The Kier molecular flexibility index (Phi) is 29.0. The van der Waals surface area contributed by atoms with Crippen molar-refractivity contribution in [2.45, 2.75) is 200 Å². The fourth-order valence-corrected chi connectivity index (χ4v) is 4.94. The van der Waals surface area contributed by atoms with E-state index in [-0.39, 0.29) is 6.10 Å². The summed E-state index contributed by atoms with van der Waals surface area (Å²) < 4.78 is 0. The van der Waals surface area contributed by atoms with E-state index in [9.17, 15) is 5.11 Å². The largest absolute Gasteiger partial charge is 0.393 e. The highest BCUT2D eigenvalue weighted by Gasteiger charge is 2.03. The third-order valence-corrected chi connectivity index (χ3v) is 7.28. The summed E-state index contributed by atoms with van der Waals surface area (Å²) in [6.07, 6.45) is 38.8. The van der Waals surface area contributed by atoms with Crippen LogP contribution < -0.4 is 0 Å². The van der Waals surface area contributed by atoms with Gasteiger partial charge in [0.05, 0.1) is 6.10 Å². The standard InChI is InChI=1S/C31H64O/c1-3-5-7-9-10-11-12-13-14-15-16-17-18-19-20-21-22-23-24-25-26-28-30-31(32)29-27-8-6-4-2/h31-32H,3-30H2,1-2H3. The van der Waals surface area contributed by atoms with Crippen LogP contribution in [0, 0.1) is 0 Å². The topological polar surface area (TPSA) is 20.2 Å². The summed E-state index contributed by atoms with van der Waals surface area (Å²) in [5.41, 5.74) is 0. The fraction of sp³-hybridized carbons (Fsp3) is 1.00. The summed E-state index contributed by atoms with van der Waals surface area (Å²) in [4.78, 5) is 0. The van der Waals surface area contributed by atoms with Gasteiger partial charge in [0.25, 0.3) is 0 Å². The Balaban J connectivity index is 3.06. The zero-order chi connectivity index (χ0) is 23.4. The summed E-state index contributed by atoms with van der Waals surface area (Å²) in [5, 5.41) is 10.0. The molecule has 0 fully saturated rings. The van der Waals surface area contributed by atoms with Gasteiger partial charge < -0.3 is 5.11 Å². The number of rotatable bonds is 28. The van der Waals surface area contributed by atoms with Gasteiger partial charge in [0.1, 0.15) is 0 Å². The predicted molar refractivity (Wildman–Crippen MR) is 147 cm³/mol. The average Bonchev–Trinajstić information content (AvgIpc) is 2.80. The molecule has 0 rings (SSSR count). The summed E-state index contributed by atoms with van der Waals surface area (Å²) in [6.45, 7) is 4.55. The number of aliphatic hydroxyl groups is 1. The second-order valence-electron chi connectivity index (χ2n) is 10.7. The van der Waals surface area contributed by atoms with Gasteiger partial charge in [0.2, 0.25) is 0 Å². The van der Waals surface area contributed by atoms with Crippen molar-refractivity contribution in [2.75, 3.05) is 0 Å². The maximum atomic E-state index is 10.0. The molecule has 0 aromatic rings. The molecular formula is C31H64O. The van der Waals surface area contributed by atoms with Crippen LogP contribution in [0.2, 0.25) is 0 Å². The number of hydrogen-bond acceptors (Lipinski definition) is 1. The predicted octanol–water partition coefficient (Wildman–Crippen LogP) is 11.3. The van der Waals surface area contributed by atoms with E-state index in [2.05, 4.69) is 13.8 Å². The van der Waals surface area contributed by atoms with Crippen molar-refractivity contribution in [1.29, 1.82) is 0 Å². The first kappa shape index (κ1) is 32.0. The van der Waals surface area contributed by atoms with Crippen LogP contribution in [0.25, 0.3) is 0 Å². The molecule has 0 heterocycles. The minimum atomic E-state index is -0.0306. The molecule has 0 aliphatic heterocycles. The van der Waals surface area contributed by atoms with Gasteiger partial charge in [-0.25, -0.2) is 0 Å². The van der Waals surface area contributed by atoms with Gasteiger partial charge >= 0.3 is 0 Å². The van der Waals surface area contributed by atoms with Gasteiger partial charge in [0.15, 0.2) is 0 Å². The van der Waals surface area contributed by atoms with E-state index in [4.69, 9.17) is 0 Å². The van der Waals surface area contributed by atoms with Crippen LogP contribution in [0.1, 0.15) is 194 Å². The molecule has 194 valence electrons. The van der Waals surface area contributed by atoms with Crippen molar-refractivity contribution in [3.05, 3.63) is 0 Å². The average molecular weight is 453 g/mol. The van der Waals surface area contributed by atoms with E-state index in [0.29, 0.717) is 0 Å². The van der Waals surface area contributed by atoms with Crippen LogP contribution in [0.5, 0.6) is 0 Å². The first-order valence-electron chi connectivity index (χ1n) is 15.5. The van der Waals surface area contributed by atoms with Gasteiger partial charge in [-0.2, -0.15) is 0 Å². The van der Waals surface area contributed by atoms with Crippen molar-refractivity contribution in [1.82, 2.24) is 0 Å². The van der Waals surface area contributed by atoms with Crippen LogP contribution >= 0.6 is 0 Å². The summed E-state index contributed by atoms with van der Waals surface area (Å²) in [5.74, 6) is 0. The van der Waals surface area contributed by atoms with Gasteiger partial charge in [-0.1, -0.05) is 181 Å². The lowest BCUT2D eigenvalue weighted by molar-refractivity contribution is 0.147. The molecule has 0 aromatic carbocycles. The molecule has 1 nitrogen and oxygen atoms in total. The number of unbranched alkanes of at least 4 members (excludes halogenated alkanes) is 24. The van der Waals surface area contributed by atoms with Crippen LogP contribution in [0.4, 0.5) is 0 Å². The Labute approximate surface area is 204 Å². The second-order valence-corrected chi connectivity index (χ2v) is 10.7. The molecule has 0 bridgehead atoms.